The Balaban J connectivity index is 1.94. The number of phenolic OH excluding ortho intramolecular Hbond substituents is 1. The summed E-state index contributed by atoms with van der Waals surface area (Å²) in [5, 5.41) is 12.7. The summed E-state index contributed by atoms with van der Waals surface area (Å²) >= 11 is 0. The van der Waals surface area contributed by atoms with Gasteiger partial charge < -0.3 is 15.2 Å². The highest BCUT2D eigenvalue weighted by Crippen LogP contribution is 2.22. The fraction of sp³-hybridized carbons (Fsp3) is 0.300. The lowest BCUT2D eigenvalue weighted by atomic mass is 10.0. The number of hydrogen-bond donors (Lipinski definition) is 2. The molecule has 0 unspecified atom stereocenters. The number of rotatable bonds is 6. The van der Waals surface area contributed by atoms with Gasteiger partial charge in [-0.05, 0) is 37.5 Å². The van der Waals surface area contributed by atoms with Crippen LogP contribution < -0.4 is 5.32 Å². The van der Waals surface area contributed by atoms with Crippen molar-refractivity contribution in [2.45, 2.75) is 33.2 Å². The van der Waals surface area contributed by atoms with Crippen LogP contribution in [0.1, 0.15) is 46.4 Å². The molecule has 2 aromatic rings. The maximum absolute atomic E-state index is 12.1. The van der Waals surface area contributed by atoms with E-state index in [-0.39, 0.29) is 23.3 Å². The van der Waals surface area contributed by atoms with E-state index in [1.165, 1.54) is 6.07 Å². The van der Waals surface area contributed by atoms with E-state index in [0.717, 1.165) is 17.5 Å². The molecule has 0 aromatic heterocycles. The molecule has 0 saturated heterocycles. The number of aryl methyl sites for hydroxylation is 2. The van der Waals surface area contributed by atoms with Gasteiger partial charge in [0.15, 0.2) is 6.61 Å². The van der Waals surface area contributed by atoms with Crippen LogP contribution in [0.4, 0.5) is 0 Å². The molecule has 0 aliphatic heterocycles. The van der Waals surface area contributed by atoms with Crippen molar-refractivity contribution < 1.29 is 19.4 Å². The van der Waals surface area contributed by atoms with Crippen LogP contribution in [-0.2, 0) is 9.53 Å². The number of benzene rings is 2. The highest BCUT2D eigenvalue weighted by Gasteiger charge is 2.17. The largest absolute Gasteiger partial charge is 0.507 e. The molecule has 0 aliphatic rings. The van der Waals surface area contributed by atoms with Crippen LogP contribution in [0.5, 0.6) is 5.75 Å². The Morgan fingerprint density at radius 3 is 2.44 bits per heavy atom. The molecule has 0 spiro atoms. The highest BCUT2D eigenvalue weighted by molar-refractivity contribution is 5.94. The molecule has 5 nitrogen and oxygen atoms in total. The first-order chi connectivity index (χ1) is 11.9. The number of carbonyl (C=O) groups excluding carboxylic acids is 2. The normalized spacial score (nSPS) is 11.6. The van der Waals surface area contributed by atoms with Gasteiger partial charge in [0.1, 0.15) is 11.3 Å². The third-order valence-electron chi connectivity index (χ3n) is 4.02. The van der Waals surface area contributed by atoms with Crippen LogP contribution in [0, 0.1) is 13.8 Å². The minimum atomic E-state index is -0.722. The van der Waals surface area contributed by atoms with Gasteiger partial charge in [0.25, 0.3) is 5.91 Å². The molecule has 1 atom stereocenters. The van der Waals surface area contributed by atoms with Crippen molar-refractivity contribution in [1.82, 2.24) is 5.32 Å². The van der Waals surface area contributed by atoms with Crippen molar-refractivity contribution in [3.8, 4) is 5.75 Å². The second-order valence-corrected chi connectivity index (χ2v) is 5.99. The predicted molar refractivity (Wildman–Crippen MR) is 95.5 cm³/mol. The molecule has 5 heteroatoms. The Bertz CT molecular complexity index is 753. The zero-order valence-electron chi connectivity index (χ0n) is 14.7. The molecule has 0 bridgehead atoms. The van der Waals surface area contributed by atoms with Gasteiger partial charge >= 0.3 is 5.97 Å². The van der Waals surface area contributed by atoms with E-state index < -0.39 is 12.6 Å². The summed E-state index contributed by atoms with van der Waals surface area (Å²) < 4.78 is 5.02. The lowest BCUT2D eigenvalue weighted by Gasteiger charge is -2.17. The Kier molecular flexibility index (Phi) is 6.17. The van der Waals surface area contributed by atoms with E-state index in [1.807, 2.05) is 38.1 Å². The molecule has 2 N–H and O–H groups in total. The SMILES string of the molecule is CC[C@@H](NC(=O)COC(=O)c1cccc(C)c1O)c1ccc(C)cc1. The van der Waals surface area contributed by atoms with Crippen LogP contribution in [0.15, 0.2) is 42.5 Å². The lowest BCUT2D eigenvalue weighted by molar-refractivity contribution is -0.125. The van der Waals surface area contributed by atoms with Crippen molar-refractivity contribution in [3.63, 3.8) is 0 Å². The first kappa shape index (κ1) is 18.5. The minimum absolute atomic E-state index is 0.0541. The summed E-state index contributed by atoms with van der Waals surface area (Å²) in [5.41, 5.74) is 2.78. The van der Waals surface area contributed by atoms with E-state index in [0.29, 0.717) is 5.56 Å². The predicted octanol–water partition coefficient (Wildman–Crippen LogP) is 3.43. The number of hydrogen-bond acceptors (Lipinski definition) is 4. The van der Waals surface area contributed by atoms with Crippen LogP contribution >= 0.6 is 0 Å². The maximum Gasteiger partial charge on any atom is 0.342 e. The molecule has 2 aromatic carbocycles. The third-order valence-corrected chi connectivity index (χ3v) is 4.02. The molecule has 0 aliphatic carbocycles. The zero-order valence-corrected chi connectivity index (χ0v) is 14.7. The van der Waals surface area contributed by atoms with Gasteiger partial charge in [0, 0.05) is 0 Å². The summed E-state index contributed by atoms with van der Waals surface area (Å²) in [6.07, 6.45) is 0.724. The van der Waals surface area contributed by atoms with Gasteiger partial charge in [0.05, 0.1) is 6.04 Å². The molecule has 0 saturated carbocycles. The van der Waals surface area contributed by atoms with Crippen molar-refractivity contribution in [3.05, 3.63) is 64.7 Å². The van der Waals surface area contributed by atoms with E-state index >= 15 is 0 Å². The molecule has 1 amide bonds. The van der Waals surface area contributed by atoms with Gasteiger partial charge in [-0.15, -0.1) is 0 Å². The quantitative estimate of drug-likeness (QED) is 0.789. The molecule has 0 radical (unpaired) electrons. The van der Waals surface area contributed by atoms with Crippen LogP contribution in [-0.4, -0.2) is 23.6 Å². The van der Waals surface area contributed by atoms with E-state index in [2.05, 4.69) is 5.32 Å². The van der Waals surface area contributed by atoms with E-state index in [9.17, 15) is 14.7 Å². The second kappa shape index (κ2) is 8.33. The van der Waals surface area contributed by atoms with E-state index in [4.69, 9.17) is 4.74 Å². The van der Waals surface area contributed by atoms with Gasteiger partial charge in [-0.25, -0.2) is 4.79 Å². The van der Waals surface area contributed by atoms with Gasteiger partial charge in [0.2, 0.25) is 0 Å². The summed E-state index contributed by atoms with van der Waals surface area (Å²) in [5.74, 6) is -1.23. The van der Waals surface area contributed by atoms with Crippen molar-refractivity contribution in [2.24, 2.45) is 0 Å². The number of nitrogens with one attached hydrogen (secondary N) is 1. The van der Waals surface area contributed by atoms with Crippen LogP contribution in [0.25, 0.3) is 0 Å². The number of phenols is 1. The molecular weight excluding hydrogens is 318 g/mol. The second-order valence-electron chi connectivity index (χ2n) is 5.99. The number of esters is 1. The van der Waals surface area contributed by atoms with Crippen LogP contribution in [0.3, 0.4) is 0 Å². The summed E-state index contributed by atoms with van der Waals surface area (Å²) in [6, 6.07) is 12.6. The molecule has 2 rings (SSSR count). The maximum atomic E-state index is 12.1. The monoisotopic (exact) mass is 341 g/mol. The highest BCUT2D eigenvalue weighted by atomic mass is 16.5. The average Bonchev–Trinajstić information content (AvgIpc) is 2.61. The topological polar surface area (TPSA) is 75.6 Å². The molecule has 0 fully saturated rings. The fourth-order valence-corrected chi connectivity index (χ4v) is 2.49. The first-order valence-electron chi connectivity index (χ1n) is 8.24. The standard InChI is InChI=1S/C20H23NO4/c1-4-17(15-10-8-13(2)9-11-15)21-18(22)12-25-20(24)16-7-5-6-14(3)19(16)23/h5-11,17,23H,4,12H2,1-3H3,(H,21,22)/t17-/m1/s1. The number of para-hydroxylation sites is 1. The Labute approximate surface area is 147 Å². The summed E-state index contributed by atoms with van der Waals surface area (Å²) in [6.45, 7) is 5.27. The van der Waals surface area contributed by atoms with E-state index in [1.54, 1.807) is 19.1 Å². The number of ether oxygens (including phenoxy) is 1. The van der Waals surface area contributed by atoms with Crippen LogP contribution in [0.2, 0.25) is 0 Å². The zero-order chi connectivity index (χ0) is 18.4. The third kappa shape index (κ3) is 4.83. The lowest BCUT2D eigenvalue weighted by Crippen LogP contribution is -2.32. The number of carbonyl (C=O) groups is 2. The van der Waals surface area contributed by atoms with Crippen molar-refractivity contribution in [1.29, 1.82) is 0 Å². The summed E-state index contributed by atoms with van der Waals surface area (Å²) in [4.78, 5) is 24.1. The smallest absolute Gasteiger partial charge is 0.342 e. The van der Waals surface area contributed by atoms with Gasteiger partial charge in [-0.2, -0.15) is 0 Å². The minimum Gasteiger partial charge on any atom is -0.507 e. The fourth-order valence-electron chi connectivity index (χ4n) is 2.49. The molecule has 25 heavy (non-hydrogen) atoms. The van der Waals surface area contributed by atoms with Crippen molar-refractivity contribution >= 4 is 11.9 Å². The molecule has 132 valence electrons. The molecule has 0 heterocycles. The molecular formula is C20H23NO4. The summed E-state index contributed by atoms with van der Waals surface area (Å²) in [7, 11) is 0. The Morgan fingerprint density at radius 2 is 1.80 bits per heavy atom. The first-order valence-corrected chi connectivity index (χ1v) is 8.24. The van der Waals surface area contributed by atoms with Gasteiger partial charge in [-0.1, -0.05) is 48.9 Å². The Morgan fingerprint density at radius 1 is 1.12 bits per heavy atom. The average molecular weight is 341 g/mol. The van der Waals surface area contributed by atoms with Crippen molar-refractivity contribution in [2.75, 3.05) is 6.61 Å². The Hall–Kier alpha value is -2.82. The number of amides is 1. The number of aromatic hydroxyl groups is 1. The van der Waals surface area contributed by atoms with Gasteiger partial charge in [-0.3, -0.25) is 4.79 Å².